The highest BCUT2D eigenvalue weighted by molar-refractivity contribution is 5.74. The summed E-state index contributed by atoms with van der Waals surface area (Å²) in [4.78, 5) is 12.1. The minimum Gasteiger partial charge on any atom is -0.466 e. The Kier molecular flexibility index (Phi) is 5.22. The Morgan fingerprint density at radius 1 is 1.15 bits per heavy atom. The van der Waals surface area contributed by atoms with Crippen LogP contribution in [0.3, 0.4) is 0 Å². The summed E-state index contributed by atoms with van der Waals surface area (Å²) in [6, 6.07) is 0. The summed E-state index contributed by atoms with van der Waals surface area (Å²) in [6.07, 6.45) is 6.89. The summed E-state index contributed by atoms with van der Waals surface area (Å²) >= 11 is 0. The molecule has 2 bridgehead atoms. The van der Waals surface area contributed by atoms with Gasteiger partial charge in [0.25, 0.3) is 0 Å². The van der Waals surface area contributed by atoms with Gasteiger partial charge >= 0.3 is 5.97 Å². The summed E-state index contributed by atoms with van der Waals surface area (Å²) in [5, 5.41) is 0. The van der Waals surface area contributed by atoms with Crippen molar-refractivity contribution in [2.45, 2.75) is 45.8 Å². The smallest absolute Gasteiger partial charge is 0.309 e. The molecule has 0 saturated heterocycles. The van der Waals surface area contributed by atoms with Gasteiger partial charge in [-0.2, -0.15) is 0 Å². The molecule has 0 heterocycles. The van der Waals surface area contributed by atoms with Crippen molar-refractivity contribution in [2.75, 3.05) is 19.8 Å². The maximum Gasteiger partial charge on any atom is 0.309 e. The van der Waals surface area contributed by atoms with Crippen molar-refractivity contribution < 1.29 is 19.0 Å². The van der Waals surface area contributed by atoms with Crippen LogP contribution in [0.5, 0.6) is 0 Å². The first-order valence-electron chi connectivity index (χ1n) is 7.82. The number of hydrogen-bond acceptors (Lipinski definition) is 4. The fourth-order valence-electron chi connectivity index (χ4n) is 3.31. The molecule has 0 aliphatic heterocycles. The Labute approximate surface area is 121 Å². The lowest BCUT2D eigenvalue weighted by molar-refractivity contribution is -0.261. The number of carbonyl (C=O) groups excluding carboxylic acids is 1. The zero-order valence-corrected chi connectivity index (χ0v) is 12.8. The normalized spacial score (nSPS) is 29.9. The van der Waals surface area contributed by atoms with Crippen LogP contribution in [0, 0.1) is 17.8 Å². The van der Waals surface area contributed by atoms with Gasteiger partial charge in [-0.15, -0.1) is 0 Å². The number of ether oxygens (including phenoxy) is 3. The molecule has 0 aromatic rings. The molecule has 2 aliphatic carbocycles. The quantitative estimate of drug-likeness (QED) is 0.390. The average molecular weight is 282 g/mol. The van der Waals surface area contributed by atoms with Gasteiger partial charge in [0.2, 0.25) is 0 Å². The molecule has 4 heteroatoms. The van der Waals surface area contributed by atoms with Crippen molar-refractivity contribution in [3.8, 4) is 0 Å². The minimum absolute atomic E-state index is 0.00958. The van der Waals surface area contributed by atoms with Crippen LogP contribution in [0.4, 0.5) is 0 Å². The van der Waals surface area contributed by atoms with E-state index >= 15 is 0 Å². The summed E-state index contributed by atoms with van der Waals surface area (Å²) in [5.74, 6) is -0.721. The fourth-order valence-corrected chi connectivity index (χ4v) is 3.31. The SMILES string of the molecule is CCCOC1(OCCC)[C@@H]2C=C[C@H]1[C@@H](C(=O)OCC)C2. The predicted octanol–water partition coefficient (Wildman–Crippen LogP) is 2.92. The maximum atomic E-state index is 12.1. The largest absolute Gasteiger partial charge is 0.466 e. The van der Waals surface area contributed by atoms with Gasteiger partial charge in [0.1, 0.15) is 0 Å². The van der Waals surface area contributed by atoms with E-state index in [9.17, 15) is 4.79 Å². The molecule has 1 fully saturated rings. The van der Waals surface area contributed by atoms with E-state index in [1.807, 2.05) is 6.92 Å². The zero-order chi connectivity index (χ0) is 14.6. The Balaban J connectivity index is 2.14. The molecule has 2 rings (SSSR count). The van der Waals surface area contributed by atoms with Crippen LogP contribution >= 0.6 is 0 Å². The molecule has 4 nitrogen and oxygen atoms in total. The van der Waals surface area contributed by atoms with E-state index in [0.717, 1.165) is 19.3 Å². The van der Waals surface area contributed by atoms with Crippen molar-refractivity contribution in [3.63, 3.8) is 0 Å². The van der Waals surface area contributed by atoms with E-state index in [-0.39, 0.29) is 23.7 Å². The van der Waals surface area contributed by atoms with Crippen molar-refractivity contribution in [1.29, 1.82) is 0 Å². The molecule has 0 unspecified atom stereocenters. The molecule has 0 N–H and O–H groups in total. The highest BCUT2D eigenvalue weighted by atomic mass is 16.7. The van der Waals surface area contributed by atoms with E-state index in [4.69, 9.17) is 14.2 Å². The molecule has 0 aromatic carbocycles. The molecular weight excluding hydrogens is 256 g/mol. The first-order valence-corrected chi connectivity index (χ1v) is 7.82. The van der Waals surface area contributed by atoms with Gasteiger partial charge in [-0.05, 0) is 26.2 Å². The number of esters is 1. The third-order valence-electron chi connectivity index (χ3n) is 4.13. The first-order chi connectivity index (χ1) is 9.69. The van der Waals surface area contributed by atoms with E-state index in [0.29, 0.717) is 19.8 Å². The summed E-state index contributed by atoms with van der Waals surface area (Å²) in [6.45, 7) is 7.76. The lowest BCUT2D eigenvalue weighted by Crippen LogP contribution is -2.43. The van der Waals surface area contributed by atoms with Gasteiger partial charge in [0.15, 0.2) is 5.79 Å². The highest BCUT2D eigenvalue weighted by Gasteiger charge is 2.60. The number of rotatable bonds is 8. The average Bonchev–Trinajstić information content (AvgIpc) is 2.95. The summed E-state index contributed by atoms with van der Waals surface area (Å²) < 4.78 is 17.4. The molecule has 20 heavy (non-hydrogen) atoms. The minimum atomic E-state index is -0.635. The molecule has 0 aromatic heterocycles. The van der Waals surface area contributed by atoms with Crippen molar-refractivity contribution >= 4 is 5.97 Å². The molecular formula is C16H26O4. The Morgan fingerprint density at radius 2 is 1.80 bits per heavy atom. The molecule has 2 aliphatic rings. The maximum absolute atomic E-state index is 12.1. The van der Waals surface area contributed by atoms with E-state index in [1.54, 1.807) is 0 Å². The summed E-state index contributed by atoms with van der Waals surface area (Å²) in [7, 11) is 0. The second kappa shape index (κ2) is 6.72. The topological polar surface area (TPSA) is 44.8 Å². The van der Waals surface area contributed by atoms with Crippen molar-refractivity contribution in [3.05, 3.63) is 12.2 Å². The van der Waals surface area contributed by atoms with E-state index in [1.165, 1.54) is 0 Å². The number of carbonyl (C=O) groups is 1. The molecule has 0 radical (unpaired) electrons. The second-order valence-corrected chi connectivity index (χ2v) is 5.53. The van der Waals surface area contributed by atoms with Crippen molar-refractivity contribution in [1.82, 2.24) is 0 Å². The number of hydrogen-bond donors (Lipinski definition) is 0. The van der Waals surface area contributed by atoms with Gasteiger partial charge in [0.05, 0.1) is 12.5 Å². The Morgan fingerprint density at radius 3 is 2.35 bits per heavy atom. The van der Waals surface area contributed by atoms with Crippen LogP contribution in [0.2, 0.25) is 0 Å². The van der Waals surface area contributed by atoms with Crippen LogP contribution in [0.15, 0.2) is 12.2 Å². The van der Waals surface area contributed by atoms with E-state index < -0.39 is 5.79 Å². The molecule has 1 saturated carbocycles. The molecule has 3 atom stereocenters. The molecule has 0 spiro atoms. The predicted molar refractivity (Wildman–Crippen MR) is 76.1 cm³/mol. The third-order valence-corrected chi connectivity index (χ3v) is 4.13. The van der Waals surface area contributed by atoms with Gasteiger partial charge in [-0.25, -0.2) is 0 Å². The highest BCUT2D eigenvalue weighted by Crippen LogP contribution is 2.54. The molecule has 114 valence electrons. The Hall–Kier alpha value is -0.870. The van der Waals surface area contributed by atoms with Crippen LogP contribution in [-0.2, 0) is 19.0 Å². The monoisotopic (exact) mass is 282 g/mol. The summed E-state index contributed by atoms with van der Waals surface area (Å²) in [5.41, 5.74) is 0. The van der Waals surface area contributed by atoms with Gasteiger partial charge in [-0.1, -0.05) is 26.0 Å². The van der Waals surface area contributed by atoms with Crippen LogP contribution in [-0.4, -0.2) is 31.6 Å². The van der Waals surface area contributed by atoms with Crippen LogP contribution in [0.1, 0.15) is 40.0 Å². The van der Waals surface area contributed by atoms with E-state index in [2.05, 4.69) is 26.0 Å². The first kappa shape index (κ1) is 15.5. The van der Waals surface area contributed by atoms with Crippen LogP contribution in [0.25, 0.3) is 0 Å². The van der Waals surface area contributed by atoms with Crippen LogP contribution < -0.4 is 0 Å². The Bertz CT molecular complexity index is 355. The second-order valence-electron chi connectivity index (χ2n) is 5.53. The fraction of sp³-hybridized carbons (Fsp3) is 0.812. The number of fused-ring (bicyclic) bond motifs is 2. The lowest BCUT2D eigenvalue weighted by atomic mass is 9.93. The third kappa shape index (κ3) is 2.63. The molecule has 0 amide bonds. The standard InChI is InChI=1S/C16H26O4/c1-4-9-19-16(20-10-5-2)12-7-8-14(16)13(11-12)15(17)18-6-3/h7-8,12-14H,4-6,9-11H2,1-3H3/t12-,13+,14+/m1/s1. The lowest BCUT2D eigenvalue weighted by Gasteiger charge is -2.35. The van der Waals surface area contributed by atoms with Gasteiger partial charge in [0, 0.05) is 25.0 Å². The van der Waals surface area contributed by atoms with Gasteiger partial charge < -0.3 is 14.2 Å². The van der Waals surface area contributed by atoms with Gasteiger partial charge in [-0.3, -0.25) is 4.79 Å². The zero-order valence-electron chi connectivity index (χ0n) is 12.8. The van der Waals surface area contributed by atoms with Crippen molar-refractivity contribution in [2.24, 2.45) is 17.8 Å².